The molecule has 7 nitrogen and oxygen atoms in total. The number of benzene rings is 2. The van der Waals surface area contributed by atoms with Gasteiger partial charge in [0.2, 0.25) is 0 Å². The number of aromatic nitrogens is 4. The maximum absolute atomic E-state index is 6.28. The van der Waals surface area contributed by atoms with Crippen LogP contribution in [0.4, 0.5) is 5.82 Å². The summed E-state index contributed by atoms with van der Waals surface area (Å²) >= 11 is 0. The van der Waals surface area contributed by atoms with Crippen molar-refractivity contribution in [3.63, 3.8) is 0 Å². The first-order valence-corrected chi connectivity index (χ1v) is 12.4. The molecular weight excluding hydrogens is 446 g/mol. The fraction of sp³-hybridized carbons (Fsp3) is 0.207. The molecule has 1 aliphatic heterocycles. The van der Waals surface area contributed by atoms with Gasteiger partial charge in [-0.15, -0.1) is 0 Å². The van der Waals surface area contributed by atoms with E-state index in [0.717, 1.165) is 72.0 Å². The second-order valence-corrected chi connectivity index (χ2v) is 9.39. The van der Waals surface area contributed by atoms with Crippen molar-refractivity contribution in [3.8, 4) is 28.3 Å². The highest BCUT2D eigenvalue weighted by Crippen LogP contribution is 2.31. The largest absolute Gasteiger partial charge is 0.383 e. The van der Waals surface area contributed by atoms with Crippen molar-refractivity contribution < 1.29 is 0 Å². The molecule has 1 fully saturated rings. The van der Waals surface area contributed by atoms with E-state index in [0.29, 0.717) is 11.9 Å². The lowest BCUT2D eigenvalue weighted by Gasteiger charge is -2.30. The summed E-state index contributed by atoms with van der Waals surface area (Å²) in [6.07, 6.45) is 3.81. The van der Waals surface area contributed by atoms with E-state index in [1.165, 1.54) is 5.56 Å². The van der Waals surface area contributed by atoms with Gasteiger partial charge in [0.25, 0.3) is 0 Å². The Hall–Kier alpha value is -4.07. The summed E-state index contributed by atoms with van der Waals surface area (Å²) in [6.45, 7) is 3.02. The molecule has 0 atom stereocenters. The average Bonchev–Trinajstić information content (AvgIpc) is 3.30. The highest BCUT2D eigenvalue weighted by atomic mass is 15.1. The number of likely N-dealkylation sites (tertiary alicyclic amines) is 1. The lowest BCUT2D eigenvalue weighted by Crippen LogP contribution is -2.39. The van der Waals surface area contributed by atoms with Crippen LogP contribution in [0.3, 0.4) is 0 Å². The topological polar surface area (TPSA) is 98.9 Å². The molecule has 36 heavy (non-hydrogen) atoms. The highest BCUT2D eigenvalue weighted by molar-refractivity contribution is 5.84. The molecule has 0 amide bonds. The van der Waals surface area contributed by atoms with Gasteiger partial charge in [0.05, 0.1) is 11.3 Å². The van der Waals surface area contributed by atoms with Gasteiger partial charge < -0.3 is 11.5 Å². The summed E-state index contributed by atoms with van der Waals surface area (Å²) in [5, 5.41) is 0. The predicted molar refractivity (Wildman–Crippen MR) is 144 cm³/mol. The standard InChI is InChI=1S/C29H29N7/c30-22-14-17-35(18-15-22)19-20-8-10-23(11-9-20)36-28(24-7-4-16-32-27(24)31)34-26-13-12-25(33-29(26)36)21-5-2-1-3-6-21/h1-13,16,22H,14-15,17-19,30H2,(H2,31,32). The Morgan fingerprint density at radius 1 is 0.833 bits per heavy atom. The van der Waals surface area contributed by atoms with Crippen molar-refractivity contribution >= 4 is 17.0 Å². The molecule has 0 bridgehead atoms. The molecule has 3 aromatic heterocycles. The Balaban J connectivity index is 1.43. The van der Waals surface area contributed by atoms with Gasteiger partial charge in [-0.3, -0.25) is 9.47 Å². The van der Waals surface area contributed by atoms with Crippen molar-refractivity contribution in [2.45, 2.75) is 25.4 Å². The molecule has 180 valence electrons. The summed E-state index contributed by atoms with van der Waals surface area (Å²) in [6, 6.07) is 27.0. The monoisotopic (exact) mass is 475 g/mol. The molecule has 0 unspecified atom stereocenters. The molecule has 7 heteroatoms. The number of hydrogen-bond donors (Lipinski definition) is 2. The van der Waals surface area contributed by atoms with E-state index >= 15 is 0 Å². The lowest BCUT2D eigenvalue weighted by atomic mass is 10.1. The maximum atomic E-state index is 6.28. The van der Waals surface area contributed by atoms with E-state index in [1.54, 1.807) is 6.20 Å². The number of fused-ring (bicyclic) bond motifs is 1. The van der Waals surface area contributed by atoms with Crippen molar-refractivity contribution in [1.82, 2.24) is 24.4 Å². The maximum Gasteiger partial charge on any atom is 0.165 e. The minimum absolute atomic E-state index is 0.338. The number of rotatable bonds is 5. The van der Waals surface area contributed by atoms with E-state index in [1.807, 2.05) is 42.5 Å². The number of nitrogens with zero attached hydrogens (tertiary/aromatic N) is 5. The van der Waals surface area contributed by atoms with E-state index in [-0.39, 0.29) is 0 Å². The van der Waals surface area contributed by atoms with Crippen molar-refractivity contribution in [3.05, 3.63) is 90.6 Å². The molecular formula is C29H29N7. The van der Waals surface area contributed by atoms with Crippen LogP contribution in [0, 0.1) is 0 Å². The van der Waals surface area contributed by atoms with Gasteiger partial charge in [-0.1, -0.05) is 42.5 Å². The Morgan fingerprint density at radius 2 is 1.61 bits per heavy atom. The molecule has 0 saturated carbocycles. The van der Waals surface area contributed by atoms with Gasteiger partial charge in [0, 0.05) is 30.0 Å². The molecule has 2 aromatic carbocycles. The van der Waals surface area contributed by atoms with E-state index in [9.17, 15) is 0 Å². The van der Waals surface area contributed by atoms with Crippen molar-refractivity contribution in [2.24, 2.45) is 5.73 Å². The molecule has 1 saturated heterocycles. The van der Waals surface area contributed by atoms with Gasteiger partial charge in [0.15, 0.2) is 11.5 Å². The van der Waals surface area contributed by atoms with Crippen molar-refractivity contribution in [2.75, 3.05) is 18.8 Å². The van der Waals surface area contributed by atoms with Crippen molar-refractivity contribution in [1.29, 1.82) is 0 Å². The van der Waals surface area contributed by atoms with Gasteiger partial charge in [-0.25, -0.2) is 15.0 Å². The Labute approximate surface area is 210 Å². The molecule has 5 aromatic rings. The van der Waals surface area contributed by atoms with Gasteiger partial charge in [-0.2, -0.15) is 0 Å². The minimum atomic E-state index is 0.338. The molecule has 4 N–H and O–H groups in total. The quantitative estimate of drug-likeness (QED) is 0.384. The summed E-state index contributed by atoms with van der Waals surface area (Å²) in [5.41, 5.74) is 19.0. The Morgan fingerprint density at radius 3 is 2.36 bits per heavy atom. The summed E-state index contributed by atoms with van der Waals surface area (Å²) in [5.74, 6) is 1.17. The normalized spacial score (nSPS) is 14.9. The molecule has 4 heterocycles. The van der Waals surface area contributed by atoms with Crippen LogP contribution in [-0.4, -0.2) is 43.6 Å². The molecule has 1 aliphatic rings. The summed E-state index contributed by atoms with van der Waals surface area (Å²) in [4.78, 5) is 16.8. The summed E-state index contributed by atoms with van der Waals surface area (Å²) in [7, 11) is 0. The van der Waals surface area contributed by atoms with E-state index in [2.05, 4.69) is 50.8 Å². The Bertz CT molecular complexity index is 1480. The third-order valence-electron chi connectivity index (χ3n) is 6.89. The minimum Gasteiger partial charge on any atom is -0.383 e. The van der Waals surface area contributed by atoms with Crippen LogP contribution in [0.1, 0.15) is 18.4 Å². The number of imidazole rings is 1. The Kier molecular flexibility index (Phi) is 5.93. The van der Waals surface area contributed by atoms with Crippen LogP contribution < -0.4 is 11.5 Å². The molecule has 0 aliphatic carbocycles. The van der Waals surface area contributed by atoms with E-state index in [4.69, 9.17) is 21.4 Å². The number of pyridine rings is 2. The average molecular weight is 476 g/mol. The zero-order valence-corrected chi connectivity index (χ0v) is 20.1. The van der Waals surface area contributed by atoms with Gasteiger partial charge in [-0.05, 0) is 67.9 Å². The second kappa shape index (κ2) is 9.53. The van der Waals surface area contributed by atoms with E-state index < -0.39 is 0 Å². The van der Waals surface area contributed by atoms with Gasteiger partial charge in [0.1, 0.15) is 11.3 Å². The lowest BCUT2D eigenvalue weighted by molar-refractivity contribution is 0.205. The van der Waals surface area contributed by atoms with Crippen LogP contribution in [-0.2, 0) is 6.54 Å². The third-order valence-corrected chi connectivity index (χ3v) is 6.89. The number of piperidine rings is 1. The summed E-state index contributed by atoms with van der Waals surface area (Å²) < 4.78 is 2.08. The van der Waals surface area contributed by atoms with Crippen LogP contribution in [0.2, 0.25) is 0 Å². The highest BCUT2D eigenvalue weighted by Gasteiger charge is 2.19. The SMILES string of the molecule is Nc1ncccc1-c1nc2ccc(-c3ccccc3)nc2n1-c1ccc(CN2CCC(N)CC2)cc1. The number of anilines is 1. The number of hydrogen-bond acceptors (Lipinski definition) is 6. The van der Waals surface area contributed by atoms with Gasteiger partial charge >= 0.3 is 0 Å². The van der Waals surface area contributed by atoms with Crippen LogP contribution in [0.5, 0.6) is 0 Å². The molecule has 0 radical (unpaired) electrons. The number of nitrogens with two attached hydrogens (primary N) is 2. The fourth-order valence-electron chi connectivity index (χ4n) is 4.88. The first kappa shape index (κ1) is 22.4. The number of nitrogen functional groups attached to an aromatic ring is 1. The fourth-order valence-corrected chi connectivity index (χ4v) is 4.88. The third kappa shape index (κ3) is 4.34. The van der Waals surface area contributed by atoms with Crippen LogP contribution in [0.15, 0.2) is 85.1 Å². The first-order chi connectivity index (χ1) is 17.7. The first-order valence-electron chi connectivity index (χ1n) is 12.4. The second-order valence-electron chi connectivity index (χ2n) is 9.39. The molecule has 0 spiro atoms. The van der Waals surface area contributed by atoms with Crippen LogP contribution in [0.25, 0.3) is 39.5 Å². The zero-order chi connectivity index (χ0) is 24.5. The van der Waals surface area contributed by atoms with Crippen LogP contribution >= 0.6 is 0 Å². The zero-order valence-electron chi connectivity index (χ0n) is 20.1. The predicted octanol–water partition coefficient (Wildman–Crippen LogP) is 4.65. The molecule has 6 rings (SSSR count). The smallest absolute Gasteiger partial charge is 0.165 e.